The average molecular weight is 404 g/mol. The molecule has 6 heteroatoms. The van der Waals surface area contributed by atoms with E-state index in [1.807, 2.05) is 43.4 Å². The quantitative estimate of drug-likeness (QED) is 0.760. The maximum absolute atomic E-state index is 12.6. The first-order valence-corrected chi connectivity index (χ1v) is 7.47. The first-order chi connectivity index (χ1) is 9.70. The third kappa shape index (κ3) is 3.48. The maximum atomic E-state index is 12.6. The summed E-state index contributed by atoms with van der Waals surface area (Å²) >= 11 is 1.97. The second-order valence-electron chi connectivity index (χ2n) is 5.75. The lowest BCUT2D eigenvalue weighted by Crippen LogP contribution is -2.24. The van der Waals surface area contributed by atoms with Crippen molar-refractivity contribution < 1.29 is 8.78 Å². The Morgan fingerprint density at radius 2 is 1.76 bits per heavy atom. The molecule has 0 aliphatic carbocycles. The molecule has 2 rings (SSSR count). The topological polar surface area (TPSA) is 45.8 Å². The van der Waals surface area contributed by atoms with Crippen LogP contribution in [-0.2, 0) is 5.41 Å². The zero-order valence-electron chi connectivity index (χ0n) is 11.9. The van der Waals surface area contributed by atoms with Gasteiger partial charge in [-0.1, -0.05) is 45.0 Å². The molecule has 0 fully saturated rings. The van der Waals surface area contributed by atoms with Gasteiger partial charge in [0.25, 0.3) is 12.0 Å². The smallest absolute Gasteiger partial charge is 0.264 e. The number of aromatic amines is 1. The van der Waals surface area contributed by atoms with Gasteiger partial charge in [0.05, 0.1) is 5.69 Å². The number of alkyl halides is 2. The number of hydrogen-bond acceptors (Lipinski definition) is 2. The summed E-state index contributed by atoms with van der Waals surface area (Å²) in [4.78, 5) is 19.2. The van der Waals surface area contributed by atoms with Crippen LogP contribution < -0.4 is 5.56 Å². The number of nitrogens with zero attached hydrogens (tertiary/aromatic N) is 1. The van der Waals surface area contributed by atoms with Gasteiger partial charge in [-0.05, 0) is 22.6 Å². The molecular formula is C15H15F2IN2O. The Morgan fingerprint density at radius 1 is 1.19 bits per heavy atom. The van der Waals surface area contributed by atoms with Gasteiger partial charge in [0.2, 0.25) is 0 Å². The minimum absolute atomic E-state index is 0.0531. The number of aromatic nitrogens is 2. The van der Waals surface area contributed by atoms with E-state index < -0.39 is 6.43 Å². The highest BCUT2D eigenvalue weighted by Crippen LogP contribution is 2.26. The molecule has 1 N–H and O–H groups in total. The lowest BCUT2D eigenvalue weighted by atomic mass is 9.92. The second kappa shape index (κ2) is 5.82. The Morgan fingerprint density at radius 3 is 2.24 bits per heavy atom. The van der Waals surface area contributed by atoms with Crippen LogP contribution in [0.1, 0.15) is 38.5 Å². The Labute approximate surface area is 135 Å². The number of benzene rings is 1. The number of nitrogens with one attached hydrogen (secondary N) is 1. The normalized spacial score (nSPS) is 12.0. The van der Waals surface area contributed by atoms with Crippen LogP contribution in [0.15, 0.2) is 29.1 Å². The lowest BCUT2D eigenvalue weighted by Gasteiger charge is -2.19. The van der Waals surface area contributed by atoms with Gasteiger partial charge in [0.15, 0.2) is 0 Å². The van der Waals surface area contributed by atoms with Crippen LogP contribution in [0.25, 0.3) is 11.4 Å². The zero-order chi connectivity index (χ0) is 15.8. The summed E-state index contributed by atoms with van der Waals surface area (Å²) in [6.45, 7) is 5.92. The fourth-order valence-corrected chi connectivity index (χ4v) is 2.94. The molecule has 1 aromatic heterocycles. The summed E-state index contributed by atoms with van der Waals surface area (Å²) < 4.78 is 25.7. The predicted octanol–water partition coefficient (Wildman–Crippen LogP) is 4.28. The van der Waals surface area contributed by atoms with Crippen molar-refractivity contribution in [1.29, 1.82) is 0 Å². The molecule has 1 heterocycles. The molecule has 0 aliphatic rings. The first-order valence-electron chi connectivity index (χ1n) is 6.39. The number of hydrogen-bond donors (Lipinski definition) is 1. The van der Waals surface area contributed by atoms with Crippen LogP contribution in [0.3, 0.4) is 0 Å². The molecule has 0 unspecified atom stereocenters. The van der Waals surface area contributed by atoms with E-state index in [1.165, 1.54) is 12.1 Å². The van der Waals surface area contributed by atoms with Gasteiger partial charge >= 0.3 is 0 Å². The highest BCUT2D eigenvalue weighted by atomic mass is 127. The van der Waals surface area contributed by atoms with Crippen molar-refractivity contribution in [1.82, 2.24) is 9.97 Å². The maximum Gasteiger partial charge on any atom is 0.264 e. The molecule has 0 saturated carbocycles. The van der Waals surface area contributed by atoms with E-state index in [4.69, 9.17) is 0 Å². The standard InChI is InChI=1S/C15H15F2IN2O/c1-15(2,3)11-10(18)14(21)20-13(19-11)9-6-4-8(5-7-9)12(16)17/h4-7,12H,1-3H3,(H,19,20,21). The Balaban J connectivity index is 2.55. The summed E-state index contributed by atoms with van der Waals surface area (Å²) in [5.74, 6) is 0.395. The minimum Gasteiger partial charge on any atom is -0.306 e. The monoisotopic (exact) mass is 404 g/mol. The Hall–Kier alpha value is -1.31. The van der Waals surface area contributed by atoms with Gasteiger partial charge in [-0.2, -0.15) is 0 Å². The van der Waals surface area contributed by atoms with Gasteiger partial charge in [-0.3, -0.25) is 4.79 Å². The molecule has 2 aromatic rings. The molecule has 112 valence electrons. The average Bonchev–Trinajstić information content (AvgIpc) is 2.40. The van der Waals surface area contributed by atoms with Crippen molar-refractivity contribution in [3.05, 3.63) is 49.4 Å². The van der Waals surface area contributed by atoms with Crippen molar-refractivity contribution >= 4 is 22.6 Å². The van der Waals surface area contributed by atoms with E-state index >= 15 is 0 Å². The van der Waals surface area contributed by atoms with Crippen LogP contribution in [-0.4, -0.2) is 9.97 Å². The van der Waals surface area contributed by atoms with Crippen molar-refractivity contribution in [2.24, 2.45) is 0 Å². The predicted molar refractivity (Wildman–Crippen MR) is 86.7 cm³/mol. The van der Waals surface area contributed by atoms with E-state index in [0.717, 1.165) is 0 Å². The number of H-pyrrole nitrogens is 1. The molecule has 0 bridgehead atoms. The highest BCUT2D eigenvalue weighted by Gasteiger charge is 2.22. The van der Waals surface area contributed by atoms with Crippen LogP contribution in [0.4, 0.5) is 8.78 Å². The van der Waals surface area contributed by atoms with E-state index in [0.29, 0.717) is 20.7 Å². The van der Waals surface area contributed by atoms with E-state index in [9.17, 15) is 13.6 Å². The molecular weight excluding hydrogens is 389 g/mol. The number of rotatable bonds is 2. The lowest BCUT2D eigenvalue weighted by molar-refractivity contribution is 0.151. The van der Waals surface area contributed by atoms with Crippen molar-refractivity contribution in [3.63, 3.8) is 0 Å². The van der Waals surface area contributed by atoms with Crippen LogP contribution in [0.2, 0.25) is 0 Å². The summed E-state index contributed by atoms with van der Waals surface area (Å²) in [5, 5.41) is 0. The molecule has 0 atom stereocenters. The third-order valence-electron chi connectivity index (χ3n) is 3.01. The van der Waals surface area contributed by atoms with Crippen LogP contribution in [0.5, 0.6) is 0 Å². The highest BCUT2D eigenvalue weighted by molar-refractivity contribution is 14.1. The fraction of sp³-hybridized carbons (Fsp3) is 0.333. The van der Waals surface area contributed by atoms with Crippen molar-refractivity contribution in [3.8, 4) is 11.4 Å². The first kappa shape index (κ1) is 16.1. The fourth-order valence-electron chi connectivity index (χ4n) is 1.88. The molecule has 0 amide bonds. The molecule has 21 heavy (non-hydrogen) atoms. The summed E-state index contributed by atoms with van der Waals surface area (Å²) in [5.41, 5.74) is 0.756. The Kier molecular flexibility index (Phi) is 4.46. The van der Waals surface area contributed by atoms with Gasteiger partial charge in [-0.25, -0.2) is 13.8 Å². The van der Waals surface area contributed by atoms with Gasteiger partial charge in [0.1, 0.15) is 9.39 Å². The SMILES string of the molecule is CC(C)(C)c1nc(-c2ccc(C(F)F)cc2)[nH]c(=O)c1I. The Bertz CT molecular complexity index is 703. The molecule has 0 spiro atoms. The molecule has 0 radical (unpaired) electrons. The minimum atomic E-state index is -2.51. The summed E-state index contributed by atoms with van der Waals surface area (Å²) in [6, 6.07) is 5.77. The van der Waals surface area contributed by atoms with Gasteiger partial charge < -0.3 is 4.98 Å². The van der Waals surface area contributed by atoms with Crippen LogP contribution in [0, 0.1) is 3.57 Å². The van der Waals surface area contributed by atoms with E-state index in [-0.39, 0.29) is 16.5 Å². The van der Waals surface area contributed by atoms with Gasteiger partial charge in [0, 0.05) is 16.5 Å². The van der Waals surface area contributed by atoms with Crippen molar-refractivity contribution in [2.75, 3.05) is 0 Å². The zero-order valence-corrected chi connectivity index (χ0v) is 14.0. The van der Waals surface area contributed by atoms with Crippen molar-refractivity contribution in [2.45, 2.75) is 32.6 Å². The second-order valence-corrected chi connectivity index (χ2v) is 6.83. The third-order valence-corrected chi connectivity index (χ3v) is 4.01. The number of halogens is 3. The molecule has 3 nitrogen and oxygen atoms in total. The largest absolute Gasteiger partial charge is 0.306 e. The molecule has 0 saturated heterocycles. The van der Waals surface area contributed by atoms with Crippen LogP contribution >= 0.6 is 22.6 Å². The summed E-state index contributed by atoms with van der Waals surface area (Å²) in [6.07, 6.45) is -2.51. The molecule has 0 aliphatic heterocycles. The molecule has 1 aromatic carbocycles. The van der Waals surface area contributed by atoms with E-state index in [1.54, 1.807) is 12.1 Å². The van der Waals surface area contributed by atoms with Gasteiger partial charge in [-0.15, -0.1) is 0 Å². The van der Waals surface area contributed by atoms with E-state index in [2.05, 4.69) is 9.97 Å². The summed E-state index contributed by atoms with van der Waals surface area (Å²) in [7, 11) is 0.